The van der Waals surface area contributed by atoms with Gasteiger partial charge in [-0.25, -0.2) is 0 Å². The number of fused-ring (bicyclic) bond motifs is 2. The number of halogens is 2. The number of ether oxygens (including phenoxy) is 2. The van der Waals surface area contributed by atoms with Crippen molar-refractivity contribution in [3.05, 3.63) is 59.9 Å². The molecule has 0 aliphatic rings. The Balaban J connectivity index is 0.00000267. The lowest BCUT2D eigenvalue weighted by atomic mass is 10.1. The highest BCUT2D eigenvalue weighted by atomic mass is 35.5. The molecule has 4 rings (SSSR count). The summed E-state index contributed by atoms with van der Waals surface area (Å²) in [5.41, 5.74) is 6.35. The zero-order valence-electron chi connectivity index (χ0n) is 23.5. The molecule has 0 saturated heterocycles. The lowest BCUT2D eigenvalue weighted by molar-refractivity contribution is 0.415. The van der Waals surface area contributed by atoms with Crippen molar-refractivity contribution in [2.75, 3.05) is 37.9 Å². The molecular weight excluding hydrogens is 531 g/mol. The molecule has 0 radical (unpaired) electrons. The minimum Gasteiger partial charge on any atom is -0.497 e. The van der Waals surface area contributed by atoms with Gasteiger partial charge in [-0.1, -0.05) is 32.1 Å². The van der Waals surface area contributed by atoms with E-state index in [1.54, 1.807) is 14.2 Å². The molecule has 0 unspecified atom stereocenters. The van der Waals surface area contributed by atoms with E-state index in [4.69, 9.17) is 9.47 Å². The molecule has 2 aromatic carbocycles. The van der Waals surface area contributed by atoms with E-state index in [1.807, 2.05) is 38.1 Å². The second kappa shape index (κ2) is 16.2. The van der Waals surface area contributed by atoms with E-state index in [0.29, 0.717) is 0 Å². The molecule has 4 aromatic rings. The number of nitrogens with zero attached hydrogens (tertiary/aromatic N) is 2. The lowest BCUT2D eigenvalue weighted by Crippen LogP contribution is -2.04. The van der Waals surface area contributed by atoms with Crippen LogP contribution in [0.25, 0.3) is 21.8 Å². The van der Waals surface area contributed by atoms with Crippen LogP contribution in [0.2, 0.25) is 0 Å². The number of pyridine rings is 2. The van der Waals surface area contributed by atoms with E-state index >= 15 is 0 Å². The van der Waals surface area contributed by atoms with E-state index < -0.39 is 0 Å². The normalized spacial score (nSPS) is 10.6. The van der Waals surface area contributed by atoms with Gasteiger partial charge >= 0.3 is 0 Å². The molecule has 0 aliphatic heterocycles. The highest BCUT2D eigenvalue weighted by molar-refractivity contribution is 5.93. The number of aryl methyl sites for hydroxylation is 2. The van der Waals surface area contributed by atoms with Gasteiger partial charge in [-0.2, -0.15) is 0 Å². The van der Waals surface area contributed by atoms with E-state index in [9.17, 15) is 0 Å². The van der Waals surface area contributed by atoms with Crippen LogP contribution in [0.5, 0.6) is 11.5 Å². The van der Waals surface area contributed by atoms with Crippen LogP contribution >= 0.6 is 24.8 Å². The van der Waals surface area contributed by atoms with Gasteiger partial charge < -0.3 is 20.1 Å². The molecule has 39 heavy (non-hydrogen) atoms. The van der Waals surface area contributed by atoms with Crippen LogP contribution < -0.4 is 20.1 Å². The molecule has 2 N–H and O–H groups in total. The van der Waals surface area contributed by atoms with Crippen LogP contribution in [0.3, 0.4) is 0 Å². The first-order chi connectivity index (χ1) is 18.1. The van der Waals surface area contributed by atoms with Crippen molar-refractivity contribution in [1.29, 1.82) is 0 Å². The number of nitrogens with one attached hydrogen (secondary N) is 2. The molecule has 0 bridgehead atoms. The first kappa shape index (κ1) is 32.3. The first-order valence-corrected chi connectivity index (χ1v) is 13.5. The molecular formula is C31H42Cl2N4O2. The van der Waals surface area contributed by atoms with Gasteiger partial charge in [-0.15, -0.1) is 24.8 Å². The molecule has 0 amide bonds. The number of aromatic nitrogens is 2. The van der Waals surface area contributed by atoms with Gasteiger partial charge in [0.25, 0.3) is 0 Å². The van der Waals surface area contributed by atoms with Crippen LogP contribution in [0.4, 0.5) is 11.4 Å². The third kappa shape index (κ3) is 9.04. The van der Waals surface area contributed by atoms with Crippen molar-refractivity contribution in [3.63, 3.8) is 0 Å². The average molecular weight is 574 g/mol. The molecule has 2 aromatic heterocycles. The molecule has 6 nitrogen and oxygen atoms in total. The summed E-state index contributed by atoms with van der Waals surface area (Å²) in [4.78, 5) is 9.29. The second-order valence-corrected chi connectivity index (χ2v) is 9.72. The fourth-order valence-electron chi connectivity index (χ4n) is 4.80. The minimum atomic E-state index is 0. The van der Waals surface area contributed by atoms with Crippen LogP contribution in [0, 0.1) is 13.8 Å². The van der Waals surface area contributed by atoms with Crippen molar-refractivity contribution in [2.45, 2.75) is 58.8 Å². The fourth-order valence-corrected chi connectivity index (χ4v) is 4.80. The molecule has 212 valence electrons. The highest BCUT2D eigenvalue weighted by Crippen LogP contribution is 2.28. The molecule has 0 atom stereocenters. The van der Waals surface area contributed by atoms with Crippen molar-refractivity contribution < 1.29 is 9.47 Å². The van der Waals surface area contributed by atoms with Gasteiger partial charge in [0, 0.05) is 46.6 Å². The Labute approximate surface area is 245 Å². The zero-order valence-corrected chi connectivity index (χ0v) is 25.1. The average Bonchev–Trinajstić information content (AvgIpc) is 2.90. The Bertz CT molecular complexity index is 1230. The predicted octanol–water partition coefficient (Wildman–Crippen LogP) is 8.52. The number of anilines is 2. The number of hydrogen-bond donors (Lipinski definition) is 2. The van der Waals surface area contributed by atoms with Crippen LogP contribution in [0.15, 0.2) is 48.5 Å². The van der Waals surface area contributed by atoms with Crippen molar-refractivity contribution >= 4 is 58.0 Å². The number of rotatable bonds is 14. The Hall–Kier alpha value is -2.96. The van der Waals surface area contributed by atoms with Crippen molar-refractivity contribution in [2.24, 2.45) is 0 Å². The Morgan fingerprint density at radius 1 is 0.564 bits per heavy atom. The summed E-state index contributed by atoms with van der Waals surface area (Å²) >= 11 is 0. The third-order valence-electron chi connectivity index (χ3n) is 6.77. The Morgan fingerprint density at radius 3 is 1.33 bits per heavy atom. The Kier molecular flexibility index (Phi) is 13.4. The second-order valence-electron chi connectivity index (χ2n) is 9.72. The molecule has 0 aliphatic carbocycles. The number of benzene rings is 2. The maximum absolute atomic E-state index is 5.40. The molecule has 2 heterocycles. The van der Waals surface area contributed by atoms with E-state index in [2.05, 4.69) is 44.9 Å². The Morgan fingerprint density at radius 2 is 0.949 bits per heavy atom. The molecule has 0 spiro atoms. The van der Waals surface area contributed by atoms with Crippen molar-refractivity contribution in [3.8, 4) is 11.5 Å². The van der Waals surface area contributed by atoms with Gasteiger partial charge in [-0.05, 0) is 75.2 Å². The number of hydrogen-bond acceptors (Lipinski definition) is 6. The summed E-state index contributed by atoms with van der Waals surface area (Å²) in [6.07, 6.45) is 8.71. The van der Waals surface area contributed by atoms with Gasteiger partial charge in [0.1, 0.15) is 11.5 Å². The van der Waals surface area contributed by atoms with Crippen LogP contribution in [-0.4, -0.2) is 37.3 Å². The van der Waals surface area contributed by atoms with Crippen LogP contribution in [0.1, 0.15) is 56.3 Å². The molecule has 0 fully saturated rings. The topological polar surface area (TPSA) is 68.3 Å². The monoisotopic (exact) mass is 572 g/mol. The zero-order chi connectivity index (χ0) is 26.0. The summed E-state index contributed by atoms with van der Waals surface area (Å²) in [6.45, 7) is 6.04. The number of unbranched alkanes of at least 4 members (excludes halogenated alkanes) is 6. The van der Waals surface area contributed by atoms with E-state index in [0.717, 1.165) is 69.2 Å². The summed E-state index contributed by atoms with van der Waals surface area (Å²) < 4.78 is 10.8. The number of methoxy groups -OCH3 is 2. The predicted molar refractivity (Wildman–Crippen MR) is 170 cm³/mol. The smallest absolute Gasteiger partial charge is 0.119 e. The van der Waals surface area contributed by atoms with E-state index in [-0.39, 0.29) is 24.8 Å². The quantitative estimate of drug-likeness (QED) is 0.147. The maximum Gasteiger partial charge on any atom is 0.119 e. The molecule has 0 saturated carbocycles. The summed E-state index contributed by atoms with van der Waals surface area (Å²) in [6, 6.07) is 16.4. The van der Waals surface area contributed by atoms with Crippen molar-refractivity contribution in [1.82, 2.24) is 9.97 Å². The third-order valence-corrected chi connectivity index (χ3v) is 6.77. The van der Waals surface area contributed by atoms with Gasteiger partial charge in [0.2, 0.25) is 0 Å². The SMILES string of the molecule is COc1ccc2nc(C)cc(NCCCCCCCCCNc3cc(C)nc4ccc(OC)cc34)c2c1.Cl.Cl. The summed E-state index contributed by atoms with van der Waals surface area (Å²) in [5.74, 6) is 1.72. The first-order valence-electron chi connectivity index (χ1n) is 13.5. The summed E-state index contributed by atoms with van der Waals surface area (Å²) in [7, 11) is 3.40. The fraction of sp³-hybridized carbons (Fsp3) is 0.419. The highest BCUT2D eigenvalue weighted by Gasteiger charge is 2.07. The minimum absolute atomic E-state index is 0. The van der Waals surface area contributed by atoms with E-state index in [1.165, 1.54) is 44.9 Å². The summed E-state index contributed by atoms with van der Waals surface area (Å²) in [5, 5.41) is 9.48. The van der Waals surface area contributed by atoms with Crippen LogP contribution in [-0.2, 0) is 0 Å². The van der Waals surface area contributed by atoms with Gasteiger partial charge in [0.05, 0.1) is 25.3 Å². The lowest BCUT2D eigenvalue weighted by Gasteiger charge is -2.12. The largest absolute Gasteiger partial charge is 0.497 e. The standard InChI is InChI=1S/C31H40N4O2.2ClH/c1-22-18-30(26-20-24(36-3)12-14-28(26)34-22)32-16-10-8-6-5-7-9-11-17-33-31-19-23(2)35-29-15-13-25(37-4)21-27(29)31;;/h12-15,18-21H,5-11,16-17H2,1-4H3,(H,32,34)(H,33,35);2*1H. The molecule has 8 heteroatoms. The van der Waals surface area contributed by atoms with Gasteiger partial charge in [0.15, 0.2) is 0 Å². The van der Waals surface area contributed by atoms with Gasteiger partial charge in [-0.3, -0.25) is 9.97 Å². The maximum atomic E-state index is 5.40.